The van der Waals surface area contributed by atoms with Gasteiger partial charge in [-0.2, -0.15) is 0 Å². The van der Waals surface area contributed by atoms with Crippen LogP contribution in [0.25, 0.3) is 0 Å². The van der Waals surface area contributed by atoms with Gasteiger partial charge in [-0.3, -0.25) is 0 Å². The molecule has 82 valence electrons. The van der Waals surface area contributed by atoms with Gasteiger partial charge in [0, 0.05) is 16.7 Å². The predicted octanol–water partition coefficient (Wildman–Crippen LogP) is 4.25. The molecule has 0 saturated carbocycles. The Morgan fingerprint density at radius 1 is 1.06 bits per heavy atom. The molecule has 2 aromatic rings. The van der Waals surface area contributed by atoms with E-state index in [1.807, 2.05) is 24.3 Å². The minimum Gasteiger partial charge on any atom is -0.439 e. The summed E-state index contributed by atoms with van der Waals surface area (Å²) in [4.78, 5) is 4.16. The lowest BCUT2D eigenvalue weighted by Crippen LogP contribution is -1.88. The Bertz CT molecular complexity index is 474. The van der Waals surface area contributed by atoms with Crippen LogP contribution in [-0.2, 0) is 0 Å². The van der Waals surface area contributed by atoms with E-state index in [0.29, 0.717) is 5.88 Å². The van der Waals surface area contributed by atoms with Gasteiger partial charge in [0.15, 0.2) is 0 Å². The van der Waals surface area contributed by atoms with Crippen LogP contribution in [0.5, 0.6) is 11.6 Å². The van der Waals surface area contributed by atoms with Crippen LogP contribution in [0.2, 0.25) is 0 Å². The zero-order chi connectivity index (χ0) is 11.5. The van der Waals surface area contributed by atoms with Crippen LogP contribution < -0.4 is 4.74 Å². The van der Waals surface area contributed by atoms with Gasteiger partial charge >= 0.3 is 0 Å². The highest BCUT2D eigenvalue weighted by atomic mass is 79.9. The molecular formula is C13H12BrNO. The molecule has 1 aromatic carbocycles. The molecule has 2 rings (SSSR count). The van der Waals surface area contributed by atoms with Crippen molar-refractivity contribution in [3.8, 4) is 11.6 Å². The molecule has 0 bridgehead atoms. The standard InChI is InChI=1S/C13H12BrNO/c1-9-5-10(2)7-12(6-9)16-13-4-3-11(14)8-15-13/h3-8H,1-2H3. The van der Waals surface area contributed by atoms with Crippen LogP contribution in [0.1, 0.15) is 11.1 Å². The van der Waals surface area contributed by atoms with Crippen molar-refractivity contribution in [2.45, 2.75) is 13.8 Å². The van der Waals surface area contributed by atoms with Crippen molar-refractivity contribution in [3.05, 3.63) is 52.1 Å². The number of ether oxygens (including phenoxy) is 1. The maximum atomic E-state index is 5.66. The van der Waals surface area contributed by atoms with Gasteiger partial charge in [-0.05, 0) is 59.1 Å². The van der Waals surface area contributed by atoms with E-state index in [-0.39, 0.29) is 0 Å². The molecule has 0 amide bonds. The van der Waals surface area contributed by atoms with Gasteiger partial charge in [-0.25, -0.2) is 4.98 Å². The van der Waals surface area contributed by atoms with Crippen LogP contribution in [0, 0.1) is 13.8 Å². The Kier molecular flexibility index (Phi) is 3.25. The van der Waals surface area contributed by atoms with Crippen molar-refractivity contribution < 1.29 is 4.74 Å². The number of aryl methyl sites for hydroxylation is 2. The van der Waals surface area contributed by atoms with E-state index in [2.05, 4.69) is 40.8 Å². The minimum atomic E-state index is 0.605. The van der Waals surface area contributed by atoms with Gasteiger partial charge in [-0.1, -0.05) is 6.07 Å². The Balaban J connectivity index is 2.23. The summed E-state index contributed by atoms with van der Waals surface area (Å²) >= 11 is 3.34. The molecule has 0 spiro atoms. The molecule has 3 heteroatoms. The molecule has 1 heterocycles. The maximum Gasteiger partial charge on any atom is 0.219 e. The minimum absolute atomic E-state index is 0.605. The second-order valence-electron chi connectivity index (χ2n) is 3.74. The van der Waals surface area contributed by atoms with Crippen LogP contribution in [-0.4, -0.2) is 4.98 Å². The lowest BCUT2D eigenvalue weighted by Gasteiger charge is -2.06. The largest absolute Gasteiger partial charge is 0.439 e. The van der Waals surface area contributed by atoms with Crippen molar-refractivity contribution in [3.63, 3.8) is 0 Å². The normalized spacial score (nSPS) is 10.2. The quantitative estimate of drug-likeness (QED) is 0.819. The summed E-state index contributed by atoms with van der Waals surface area (Å²) in [5.74, 6) is 1.43. The number of hydrogen-bond donors (Lipinski definition) is 0. The van der Waals surface area contributed by atoms with Gasteiger partial charge in [0.1, 0.15) is 5.75 Å². The molecule has 0 radical (unpaired) electrons. The highest BCUT2D eigenvalue weighted by molar-refractivity contribution is 9.10. The number of nitrogens with zero attached hydrogens (tertiary/aromatic N) is 1. The number of benzene rings is 1. The van der Waals surface area contributed by atoms with Gasteiger partial charge in [0.05, 0.1) is 0 Å². The van der Waals surface area contributed by atoms with Gasteiger partial charge < -0.3 is 4.74 Å². The number of pyridine rings is 1. The summed E-state index contributed by atoms with van der Waals surface area (Å²) in [7, 11) is 0. The second kappa shape index (κ2) is 4.66. The van der Waals surface area contributed by atoms with Crippen molar-refractivity contribution in [2.75, 3.05) is 0 Å². The SMILES string of the molecule is Cc1cc(C)cc(Oc2ccc(Br)cn2)c1. The Labute approximate surface area is 103 Å². The molecule has 0 saturated heterocycles. The lowest BCUT2D eigenvalue weighted by molar-refractivity contribution is 0.462. The zero-order valence-electron chi connectivity index (χ0n) is 9.20. The number of halogens is 1. The first-order valence-electron chi connectivity index (χ1n) is 5.01. The van der Waals surface area contributed by atoms with Crippen molar-refractivity contribution in [1.29, 1.82) is 0 Å². The molecule has 16 heavy (non-hydrogen) atoms. The Morgan fingerprint density at radius 2 is 1.75 bits per heavy atom. The molecule has 0 aliphatic heterocycles. The van der Waals surface area contributed by atoms with Gasteiger partial charge in [0.25, 0.3) is 0 Å². The molecular weight excluding hydrogens is 266 g/mol. The number of hydrogen-bond acceptors (Lipinski definition) is 2. The van der Waals surface area contributed by atoms with E-state index in [1.54, 1.807) is 6.20 Å². The van der Waals surface area contributed by atoms with Crippen LogP contribution >= 0.6 is 15.9 Å². The smallest absolute Gasteiger partial charge is 0.219 e. The molecule has 0 unspecified atom stereocenters. The molecule has 0 fully saturated rings. The van der Waals surface area contributed by atoms with Crippen LogP contribution in [0.3, 0.4) is 0 Å². The van der Waals surface area contributed by atoms with E-state index in [9.17, 15) is 0 Å². The molecule has 0 atom stereocenters. The first-order valence-corrected chi connectivity index (χ1v) is 5.80. The van der Waals surface area contributed by atoms with E-state index in [4.69, 9.17) is 4.74 Å². The zero-order valence-corrected chi connectivity index (χ0v) is 10.8. The summed E-state index contributed by atoms with van der Waals surface area (Å²) in [6, 6.07) is 9.85. The number of aromatic nitrogens is 1. The first-order chi connectivity index (χ1) is 7.63. The lowest BCUT2D eigenvalue weighted by atomic mass is 10.1. The topological polar surface area (TPSA) is 22.1 Å². The Morgan fingerprint density at radius 3 is 2.31 bits per heavy atom. The fraction of sp³-hybridized carbons (Fsp3) is 0.154. The van der Waals surface area contributed by atoms with E-state index < -0.39 is 0 Å². The fourth-order valence-corrected chi connectivity index (χ4v) is 1.77. The molecule has 2 nitrogen and oxygen atoms in total. The van der Waals surface area contributed by atoms with Crippen molar-refractivity contribution in [2.24, 2.45) is 0 Å². The maximum absolute atomic E-state index is 5.66. The molecule has 1 aromatic heterocycles. The summed E-state index contributed by atoms with van der Waals surface area (Å²) in [6.45, 7) is 4.10. The summed E-state index contributed by atoms with van der Waals surface area (Å²) in [5, 5.41) is 0. The van der Waals surface area contributed by atoms with Crippen molar-refractivity contribution in [1.82, 2.24) is 4.98 Å². The summed E-state index contributed by atoms with van der Waals surface area (Å²) in [6.07, 6.45) is 1.72. The van der Waals surface area contributed by atoms with Gasteiger partial charge in [0.2, 0.25) is 5.88 Å². The molecule has 0 aliphatic rings. The van der Waals surface area contributed by atoms with Crippen LogP contribution in [0.15, 0.2) is 41.0 Å². The monoisotopic (exact) mass is 277 g/mol. The van der Waals surface area contributed by atoms with Gasteiger partial charge in [-0.15, -0.1) is 0 Å². The van der Waals surface area contributed by atoms with E-state index in [1.165, 1.54) is 11.1 Å². The fourth-order valence-electron chi connectivity index (χ4n) is 1.54. The molecule has 0 N–H and O–H groups in total. The third-order valence-corrected chi connectivity index (χ3v) is 2.59. The summed E-state index contributed by atoms with van der Waals surface area (Å²) < 4.78 is 6.61. The van der Waals surface area contributed by atoms with Crippen LogP contribution in [0.4, 0.5) is 0 Å². The third-order valence-electron chi connectivity index (χ3n) is 2.12. The first kappa shape index (κ1) is 11.1. The summed E-state index contributed by atoms with van der Waals surface area (Å²) in [5.41, 5.74) is 2.37. The van der Waals surface area contributed by atoms with E-state index >= 15 is 0 Å². The molecule has 0 aliphatic carbocycles. The average molecular weight is 278 g/mol. The third kappa shape index (κ3) is 2.83. The van der Waals surface area contributed by atoms with Crippen molar-refractivity contribution >= 4 is 15.9 Å². The predicted molar refractivity (Wildman–Crippen MR) is 67.9 cm³/mol. The average Bonchev–Trinajstić information content (AvgIpc) is 2.20. The Hall–Kier alpha value is -1.35. The highest BCUT2D eigenvalue weighted by Gasteiger charge is 2.00. The highest BCUT2D eigenvalue weighted by Crippen LogP contribution is 2.22. The second-order valence-corrected chi connectivity index (χ2v) is 4.66. The number of rotatable bonds is 2. The van der Waals surface area contributed by atoms with E-state index in [0.717, 1.165) is 10.2 Å².